The molecule has 3 heterocycles. The van der Waals surface area contributed by atoms with Crippen LogP contribution in [0.1, 0.15) is 16.1 Å². The molecule has 2 aromatic heterocycles. The Morgan fingerprint density at radius 2 is 1.94 bits per heavy atom. The predicted molar refractivity (Wildman–Crippen MR) is 131 cm³/mol. The number of benzene rings is 2. The van der Waals surface area contributed by atoms with E-state index < -0.39 is 0 Å². The molecule has 33 heavy (non-hydrogen) atoms. The zero-order chi connectivity index (χ0) is 22.9. The molecule has 0 saturated heterocycles. The predicted octanol–water partition coefficient (Wildman–Crippen LogP) is 3.59. The van der Waals surface area contributed by atoms with E-state index in [-0.39, 0.29) is 5.91 Å². The van der Waals surface area contributed by atoms with Crippen molar-refractivity contribution in [2.24, 2.45) is 12.1 Å². The summed E-state index contributed by atoms with van der Waals surface area (Å²) in [5.41, 5.74) is 6.46. The maximum atomic E-state index is 12.7. The lowest BCUT2D eigenvalue weighted by Gasteiger charge is -2.09. The van der Waals surface area contributed by atoms with Gasteiger partial charge in [-0.3, -0.25) is 4.79 Å². The minimum absolute atomic E-state index is 0.272. The van der Waals surface area contributed by atoms with E-state index in [4.69, 9.17) is 4.74 Å². The normalized spacial score (nSPS) is 14.6. The minimum Gasteiger partial charge on any atom is -0.488 e. The summed E-state index contributed by atoms with van der Waals surface area (Å²) in [6, 6.07) is 16.0. The van der Waals surface area contributed by atoms with Crippen LogP contribution in [0.15, 0.2) is 65.4 Å². The Hall–Kier alpha value is -3.98. The van der Waals surface area contributed by atoms with Crippen molar-refractivity contribution in [3.63, 3.8) is 0 Å². The third kappa shape index (κ3) is 3.98. The van der Waals surface area contributed by atoms with Crippen LogP contribution in [-0.2, 0) is 18.4 Å². The molecular weight excluding hydrogens is 436 g/mol. The van der Waals surface area contributed by atoms with Crippen molar-refractivity contribution >= 4 is 45.1 Å². The molecule has 166 valence electrons. The summed E-state index contributed by atoms with van der Waals surface area (Å²) >= 11 is 1.38. The third-order valence-electron chi connectivity index (χ3n) is 5.31. The first-order chi connectivity index (χ1) is 16.0. The monoisotopic (exact) mass is 458 g/mol. The summed E-state index contributed by atoms with van der Waals surface area (Å²) in [6.45, 7) is 0.455. The second kappa shape index (κ2) is 8.51. The smallest absolute Gasteiger partial charge is 0.273 e. The molecule has 0 unspecified atom stereocenters. The Bertz CT molecular complexity index is 1400. The van der Waals surface area contributed by atoms with Crippen LogP contribution >= 0.6 is 11.3 Å². The average Bonchev–Trinajstić information content (AvgIpc) is 3.52. The summed E-state index contributed by atoms with van der Waals surface area (Å²) in [7, 11) is 5.77. The van der Waals surface area contributed by atoms with Gasteiger partial charge in [0.1, 0.15) is 18.1 Å². The van der Waals surface area contributed by atoms with Gasteiger partial charge in [0.15, 0.2) is 5.01 Å². The number of carbonyl (C=O) groups is 1. The Morgan fingerprint density at radius 3 is 2.70 bits per heavy atom. The maximum absolute atomic E-state index is 12.7. The van der Waals surface area contributed by atoms with Gasteiger partial charge >= 0.3 is 0 Å². The van der Waals surface area contributed by atoms with E-state index in [9.17, 15) is 4.79 Å². The molecule has 9 heteroatoms. The highest BCUT2D eigenvalue weighted by Crippen LogP contribution is 2.33. The quantitative estimate of drug-likeness (QED) is 0.447. The second-order valence-corrected chi connectivity index (χ2v) is 8.82. The van der Waals surface area contributed by atoms with Gasteiger partial charge in [-0.1, -0.05) is 47.7 Å². The standard InChI is InChI=1S/C24H22N6O2S/c1-29(2)24-28-27-23(33-24)21-17(22(31)26-25-21)12-16-13-30(3)18-10-7-11-19(20(16)18)32-14-15-8-5-4-6-9-15/h4-13H,14H2,1-3H3,(H,26,31)/b17-12-. The number of aromatic nitrogens is 3. The number of ether oxygens (including phenoxy) is 1. The van der Waals surface area contributed by atoms with Crippen molar-refractivity contribution in [2.75, 3.05) is 19.0 Å². The van der Waals surface area contributed by atoms with Crippen LogP contribution in [0.5, 0.6) is 5.75 Å². The van der Waals surface area contributed by atoms with Crippen LogP contribution in [0.4, 0.5) is 5.13 Å². The van der Waals surface area contributed by atoms with Crippen LogP contribution in [-0.4, -0.2) is 40.5 Å². The highest BCUT2D eigenvalue weighted by atomic mass is 32.1. The molecule has 8 nitrogen and oxygen atoms in total. The molecule has 5 rings (SSSR count). The second-order valence-electron chi connectivity index (χ2n) is 7.86. The molecule has 2 aromatic carbocycles. The molecular formula is C24H22N6O2S. The summed E-state index contributed by atoms with van der Waals surface area (Å²) in [5.74, 6) is 0.484. The van der Waals surface area contributed by atoms with Crippen LogP contribution in [0.25, 0.3) is 17.0 Å². The fourth-order valence-corrected chi connectivity index (χ4v) is 4.46. The van der Waals surface area contributed by atoms with Gasteiger partial charge in [-0.2, -0.15) is 5.10 Å². The summed E-state index contributed by atoms with van der Waals surface area (Å²) < 4.78 is 8.22. The average molecular weight is 459 g/mol. The van der Waals surface area contributed by atoms with Crippen molar-refractivity contribution in [2.45, 2.75) is 6.61 Å². The van der Waals surface area contributed by atoms with Gasteiger partial charge in [-0.05, 0) is 23.8 Å². The van der Waals surface area contributed by atoms with Crippen molar-refractivity contribution in [3.8, 4) is 5.75 Å². The third-order valence-corrected chi connectivity index (χ3v) is 6.41. The molecule has 4 aromatic rings. The van der Waals surface area contributed by atoms with Gasteiger partial charge in [-0.15, -0.1) is 10.2 Å². The Kier molecular flexibility index (Phi) is 5.39. The molecule has 1 N–H and O–H groups in total. The van der Waals surface area contributed by atoms with Gasteiger partial charge in [0.05, 0.1) is 11.1 Å². The molecule has 1 aliphatic heterocycles. The van der Waals surface area contributed by atoms with E-state index >= 15 is 0 Å². The number of aryl methyl sites for hydroxylation is 1. The highest BCUT2D eigenvalue weighted by molar-refractivity contribution is 7.17. The van der Waals surface area contributed by atoms with E-state index in [0.29, 0.717) is 22.9 Å². The Balaban J connectivity index is 1.54. The molecule has 0 radical (unpaired) electrons. The van der Waals surface area contributed by atoms with Crippen molar-refractivity contribution < 1.29 is 9.53 Å². The summed E-state index contributed by atoms with van der Waals surface area (Å²) in [6.07, 6.45) is 3.83. The van der Waals surface area contributed by atoms with Crippen LogP contribution in [0.2, 0.25) is 0 Å². The number of amides is 1. The van der Waals surface area contributed by atoms with Crippen molar-refractivity contribution in [1.82, 2.24) is 20.2 Å². The molecule has 0 atom stereocenters. The van der Waals surface area contributed by atoms with E-state index in [1.165, 1.54) is 11.3 Å². The number of fused-ring (bicyclic) bond motifs is 1. The molecule has 1 amide bonds. The fourth-order valence-electron chi connectivity index (χ4n) is 3.69. The number of rotatable bonds is 6. The molecule has 0 bridgehead atoms. The van der Waals surface area contributed by atoms with Crippen molar-refractivity contribution in [1.29, 1.82) is 0 Å². The summed E-state index contributed by atoms with van der Waals surface area (Å²) in [5, 5.41) is 14.9. The van der Waals surface area contributed by atoms with E-state index in [1.807, 2.05) is 91.4 Å². The van der Waals surface area contributed by atoms with Crippen LogP contribution in [0.3, 0.4) is 0 Å². The number of nitrogens with zero attached hydrogens (tertiary/aromatic N) is 5. The number of hydrazone groups is 1. The molecule has 1 aliphatic rings. The van der Waals surface area contributed by atoms with E-state index in [1.54, 1.807) is 0 Å². The number of nitrogens with one attached hydrogen (secondary N) is 1. The van der Waals surface area contributed by atoms with Crippen LogP contribution in [0, 0.1) is 0 Å². The zero-order valence-electron chi connectivity index (χ0n) is 18.4. The van der Waals surface area contributed by atoms with Crippen LogP contribution < -0.4 is 15.1 Å². The Labute approximate surface area is 194 Å². The number of carbonyl (C=O) groups excluding carboxylic acids is 1. The fraction of sp³-hybridized carbons (Fsp3) is 0.167. The van der Waals surface area contributed by atoms with Crippen molar-refractivity contribution in [3.05, 3.63) is 76.4 Å². The molecule has 0 fully saturated rings. The first-order valence-electron chi connectivity index (χ1n) is 10.4. The SMILES string of the molecule is CN(C)c1nnc(C2=NNC(=O)/C2=C\c2cn(C)c3cccc(OCc4ccccc4)c23)s1. The zero-order valence-corrected chi connectivity index (χ0v) is 19.3. The van der Waals surface area contributed by atoms with Gasteiger partial charge in [-0.25, -0.2) is 5.43 Å². The van der Waals surface area contributed by atoms with Gasteiger partial charge in [0.25, 0.3) is 5.91 Å². The number of anilines is 1. The lowest BCUT2D eigenvalue weighted by Crippen LogP contribution is -2.13. The molecule has 0 saturated carbocycles. The minimum atomic E-state index is -0.272. The first-order valence-corrected chi connectivity index (χ1v) is 11.2. The molecule has 0 aliphatic carbocycles. The largest absolute Gasteiger partial charge is 0.488 e. The lowest BCUT2D eigenvalue weighted by atomic mass is 10.1. The van der Waals surface area contributed by atoms with E-state index in [2.05, 4.69) is 20.7 Å². The van der Waals surface area contributed by atoms with Gasteiger partial charge < -0.3 is 14.2 Å². The highest BCUT2D eigenvalue weighted by Gasteiger charge is 2.28. The maximum Gasteiger partial charge on any atom is 0.273 e. The van der Waals surface area contributed by atoms with E-state index in [0.717, 1.165) is 32.9 Å². The van der Waals surface area contributed by atoms with Gasteiger partial charge in [0.2, 0.25) is 5.13 Å². The Morgan fingerprint density at radius 1 is 1.12 bits per heavy atom. The van der Waals surface area contributed by atoms with Gasteiger partial charge in [0, 0.05) is 38.3 Å². The number of hydrogen-bond acceptors (Lipinski definition) is 7. The molecule has 0 spiro atoms. The lowest BCUT2D eigenvalue weighted by molar-refractivity contribution is -0.116. The number of hydrogen-bond donors (Lipinski definition) is 1. The topological polar surface area (TPSA) is 84.6 Å². The summed E-state index contributed by atoms with van der Waals surface area (Å²) in [4.78, 5) is 14.5. The first kappa shape index (κ1) is 20.9.